The van der Waals surface area contributed by atoms with Crippen molar-refractivity contribution in [3.63, 3.8) is 0 Å². The molecule has 0 spiro atoms. The zero-order chi connectivity index (χ0) is 13.8. The monoisotopic (exact) mass is 316 g/mol. The van der Waals surface area contributed by atoms with Gasteiger partial charge in [0.2, 0.25) is 0 Å². The molecule has 19 heavy (non-hydrogen) atoms. The number of nitrogens with one attached hydrogen (secondary N) is 1. The van der Waals surface area contributed by atoms with E-state index in [0.717, 1.165) is 27.2 Å². The van der Waals surface area contributed by atoms with Crippen molar-refractivity contribution in [2.75, 3.05) is 12.4 Å². The van der Waals surface area contributed by atoms with E-state index >= 15 is 0 Å². The van der Waals surface area contributed by atoms with Crippen molar-refractivity contribution in [3.05, 3.63) is 52.0 Å². The maximum absolute atomic E-state index is 8.91. The average molecular weight is 317 g/mol. The summed E-state index contributed by atoms with van der Waals surface area (Å²) in [6.45, 7) is 1.92. The standard InChI is InChI=1S/C15H13BrN2O/c1-10-7-12(4-3-11(10)9-17)18-13-5-6-14(16)15(8-13)19-2/h3-8,18H,1-2H3. The molecule has 0 heterocycles. The lowest BCUT2D eigenvalue weighted by Gasteiger charge is -2.10. The molecule has 0 atom stereocenters. The lowest BCUT2D eigenvalue weighted by molar-refractivity contribution is 0.412. The van der Waals surface area contributed by atoms with Crippen LogP contribution in [-0.2, 0) is 0 Å². The van der Waals surface area contributed by atoms with Gasteiger partial charge in [0.05, 0.1) is 23.2 Å². The number of aryl methyl sites for hydroxylation is 1. The Kier molecular flexibility index (Phi) is 4.08. The van der Waals surface area contributed by atoms with Crippen LogP contribution in [0.2, 0.25) is 0 Å². The summed E-state index contributed by atoms with van der Waals surface area (Å²) < 4.78 is 6.17. The van der Waals surface area contributed by atoms with Gasteiger partial charge in [0.15, 0.2) is 0 Å². The summed E-state index contributed by atoms with van der Waals surface area (Å²) in [4.78, 5) is 0. The van der Waals surface area contributed by atoms with Gasteiger partial charge in [0.25, 0.3) is 0 Å². The number of halogens is 1. The summed E-state index contributed by atoms with van der Waals surface area (Å²) >= 11 is 3.42. The van der Waals surface area contributed by atoms with Crippen LogP contribution in [0.1, 0.15) is 11.1 Å². The zero-order valence-corrected chi connectivity index (χ0v) is 12.3. The topological polar surface area (TPSA) is 45.0 Å². The number of nitriles is 1. The first kappa shape index (κ1) is 13.4. The van der Waals surface area contributed by atoms with Crippen LogP contribution in [0.5, 0.6) is 5.75 Å². The Hall–Kier alpha value is -1.99. The number of ether oxygens (including phenoxy) is 1. The Morgan fingerprint density at radius 1 is 1.16 bits per heavy atom. The van der Waals surface area contributed by atoms with E-state index in [4.69, 9.17) is 10.00 Å². The van der Waals surface area contributed by atoms with E-state index in [2.05, 4.69) is 27.3 Å². The van der Waals surface area contributed by atoms with Crippen LogP contribution in [-0.4, -0.2) is 7.11 Å². The predicted octanol–water partition coefficient (Wildman–Crippen LogP) is 4.38. The highest BCUT2D eigenvalue weighted by molar-refractivity contribution is 9.10. The summed E-state index contributed by atoms with van der Waals surface area (Å²) in [5.74, 6) is 0.773. The highest BCUT2D eigenvalue weighted by Gasteiger charge is 2.03. The average Bonchev–Trinajstić information content (AvgIpc) is 2.41. The van der Waals surface area contributed by atoms with Gasteiger partial charge < -0.3 is 10.1 Å². The Balaban J connectivity index is 2.26. The van der Waals surface area contributed by atoms with Gasteiger partial charge in [0, 0.05) is 17.4 Å². The Morgan fingerprint density at radius 2 is 1.84 bits per heavy atom. The number of benzene rings is 2. The number of nitrogens with zero attached hydrogens (tertiary/aromatic N) is 1. The fourth-order valence-corrected chi connectivity index (χ4v) is 2.18. The van der Waals surface area contributed by atoms with Gasteiger partial charge in [-0.2, -0.15) is 5.26 Å². The first-order chi connectivity index (χ1) is 9.13. The fraction of sp³-hybridized carbons (Fsp3) is 0.133. The van der Waals surface area contributed by atoms with Gasteiger partial charge in [0.1, 0.15) is 5.75 Å². The normalized spacial score (nSPS) is 9.79. The molecule has 1 N–H and O–H groups in total. The van der Waals surface area contributed by atoms with Crippen molar-refractivity contribution < 1.29 is 4.74 Å². The Bertz CT molecular complexity index is 638. The first-order valence-electron chi connectivity index (χ1n) is 5.75. The minimum atomic E-state index is 0.693. The molecular weight excluding hydrogens is 304 g/mol. The van der Waals surface area contributed by atoms with Gasteiger partial charge in [-0.25, -0.2) is 0 Å². The molecule has 0 aliphatic heterocycles. The highest BCUT2D eigenvalue weighted by Crippen LogP contribution is 2.29. The second-order valence-electron chi connectivity index (χ2n) is 4.12. The quantitative estimate of drug-likeness (QED) is 0.913. The molecule has 96 valence electrons. The summed E-state index contributed by atoms with van der Waals surface area (Å²) in [6, 6.07) is 13.6. The number of anilines is 2. The molecule has 0 aromatic heterocycles. The van der Waals surface area contributed by atoms with Crippen molar-refractivity contribution in [1.29, 1.82) is 5.26 Å². The van der Waals surface area contributed by atoms with E-state index in [-0.39, 0.29) is 0 Å². The smallest absolute Gasteiger partial charge is 0.135 e. The Labute approximate surface area is 121 Å². The van der Waals surface area contributed by atoms with Crippen LogP contribution in [0.3, 0.4) is 0 Å². The van der Waals surface area contributed by atoms with Crippen LogP contribution in [0, 0.1) is 18.3 Å². The van der Waals surface area contributed by atoms with Gasteiger partial charge in [-0.1, -0.05) is 0 Å². The van der Waals surface area contributed by atoms with E-state index in [0.29, 0.717) is 5.56 Å². The Morgan fingerprint density at radius 3 is 2.47 bits per heavy atom. The molecule has 0 aliphatic carbocycles. The van der Waals surface area contributed by atoms with Crippen molar-refractivity contribution in [3.8, 4) is 11.8 Å². The first-order valence-corrected chi connectivity index (χ1v) is 6.54. The second-order valence-corrected chi connectivity index (χ2v) is 4.97. The van der Waals surface area contributed by atoms with E-state index in [9.17, 15) is 0 Å². The molecule has 2 rings (SSSR count). The molecule has 0 bridgehead atoms. The molecule has 0 amide bonds. The fourth-order valence-electron chi connectivity index (χ4n) is 1.77. The molecule has 0 radical (unpaired) electrons. The van der Waals surface area contributed by atoms with Crippen molar-refractivity contribution in [2.24, 2.45) is 0 Å². The van der Waals surface area contributed by atoms with Crippen molar-refractivity contribution in [1.82, 2.24) is 0 Å². The van der Waals surface area contributed by atoms with Crippen molar-refractivity contribution >= 4 is 27.3 Å². The molecule has 0 fully saturated rings. The molecule has 3 nitrogen and oxygen atoms in total. The summed E-state index contributed by atoms with van der Waals surface area (Å²) in [7, 11) is 1.63. The predicted molar refractivity (Wildman–Crippen MR) is 79.9 cm³/mol. The number of methoxy groups -OCH3 is 1. The van der Waals surface area contributed by atoms with Gasteiger partial charge >= 0.3 is 0 Å². The van der Waals surface area contributed by atoms with Crippen LogP contribution >= 0.6 is 15.9 Å². The number of hydrogen-bond acceptors (Lipinski definition) is 3. The molecular formula is C15H13BrN2O. The van der Waals surface area contributed by atoms with E-state index in [1.54, 1.807) is 7.11 Å². The van der Waals surface area contributed by atoms with Crippen molar-refractivity contribution in [2.45, 2.75) is 6.92 Å². The van der Waals surface area contributed by atoms with Crippen LogP contribution < -0.4 is 10.1 Å². The molecule has 0 saturated carbocycles. The maximum Gasteiger partial charge on any atom is 0.135 e. The minimum Gasteiger partial charge on any atom is -0.495 e. The second kappa shape index (κ2) is 5.77. The highest BCUT2D eigenvalue weighted by atomic mass is 79.9. The van der Waals surface area contributed by atoms with E-state index in [1.807, 2.05) is 43.3 Å². The lowest BCUT2D eigenvalue weighted by Crippen LogP contribution is -1.93. The summed E-state index contributed by atoms with van der Waals surface area (Å²) in [5, 5.41) is 12.2. The molecule has 0 unspecified atom stereocenters. The molecule has 2 aromatic carbocycles. The lowest BCUT2D eigenvalue weighted by atomic mass is 10.1. The van der Waals surface area contributed by atoms with E-state index < -0.39 is 0 Å². The number of rotatable bonds is 3. The van der Waals surface area contributed by atoms with Crippen LogP contribution in [0.15, 0.2) is 40.9 Å². The van der Waals surface area contributed by atoms with Gasteiger partial charge in [-0.15, -0.1) is 0 Å². The third-order valence-corrected chi connectivity index (χ3v) is 3.44. The zero-order valence-electron chi connectivity index (χ0n) is 10.7. The van der Waals surface area contributed by atoms with Crippen LogP contribution in [0.25, 0.3) is 0 Å². The summed E-state index contributed by atoms with van der Waals surface area (Å²) in [5.41, 5.74) is 3.53. The van der Waals surface area contributed by atoms with Gasteiger partial charge in [-0.05, 0) is 58.7 Å². The minimum absolute atomic E-state index is 0.693. The molecule has 0 aliphatic rings. The molecule has 4 heteroatoms. The SMILES string of the molecule is COc1cc(Nc2ccc(C#N)c(C)c2)ccc1Br. The third kappa shape index (κ3) is 3.07. The van der Waals surface area contributed by atoms with E-state index in [1.165, 1.54) is 0 Å². The molecule has 2 aromatic rings. The largest absolute Gasteiger partial charge is 0.495 e. The molecule has 0 saturated heterocycles. The number of hydrogen-bond donors (Lipinski definition) is 1. The van der Waals surface area contributed by atoms with Gasteiger partial charge in [-0.3, -0.25) is 0 Å². The summed E-state index contributed by atoms with van der Waals surface area (Å²) in [6.07, 6.45) is 0. The third-order valence-electron chi connectivity index (χ3n) is 2.79. The maximum atomic E-state index is 8.91. The van der Waals surface area contributed by atoms with Crippen LogP contribution in [0.4, 0.5) is 11.4 Å².